The maximum atomic E-state index is 13.6. The van der Waals surface area contributed by atoms with Gasteiger partial charge < -0.3 is 10.2 Å². The minimum Gasteiger partial charge on any atom is -0.350 e. The number of nitrogens with one attached hydrogen (secondary N) is 1. The lowest BCUT2D eigenvalue weighted by molar-refractivity contribution is -0.141. The number of carbonyl (C=O) groups excluding carboxylic acids is 2. The van der Waals surface area contributed by atoms with E-state index in [1.54, 1.807) is 32.0 Å². The van der Waals surface area contributed by atoms with Crippen molar-refractivity contribution < 1.29 is 22.4 Å². The Kier molecular flexibility index (Phi) is 9.30. The van der Waals surface area contributed by atoms with Gasteiger partial charge in [0.1, 0.15) is 18.4 Å². The first-order chi connectivity index (χ1) is 16.1. The lowest BCUT2D eigenvalue weighted by Gasteiger charge is -2.34. The van der Waals surface area contributed by atoms with Crippen molar-refractivity contribution in [2.45, 2.75) is 59.2 Å². The topological polar surface area (TPSA) is 86.8 Å². The summed E-state index contributed by atoms with van der Waals surface area (Å²) in [6.07, 6.45) is 1.30. The second-order valence-corrected chi connectivity index (χ2v) is 11.8. The van der Waals surface area contributed by atoms with Crippen LogP contribution in [0, 0.1) is 12.7 Å². The zero-order valence-electron chi connectivity index (χ0n) is 20.9. The molecule has 0 aliphatic heterocycles. The van der Waals surface area contributed by atoms with Crippen molar-refractivity contribution in [1.82, 2.24) is 10.2 Å². The van der Waals surface area contributed by atoms with Gasteiger partial charge in [-0.15, -0.1) is 0 Å². The van der Waals surface area contributed by atoms with E-state index in [0.29, 0.717) is 22.6 Å². The maximum absolute atomic E-state index is 13.6. The summed E-state index contributed by atoms with van der Waals surface area (Å²) in [5.74, 6) is -1.36. The minimum atomic E-state index is -3.87. The number of benzene rings is 2. The first-order valence-electron chi connectivity index (χ1n) is 11.2. The lowest BCUT2D eigenvalue weighted by Crippen LogP contribution is -2.55. The monoisotopic (exact) mass is 525 g/mol. The summed E-state index contributed by atoms with van der Waals surface area (Å²) in [4.78, 5) is 28.1. The van der Waals surface area contributed by atoms with E-state index in [1.807, 2.05) is 20.8 Å². The number of hydrogen-bond acceptors (Lipinski definition) is 4. The SMILES string of the molecule is CC[C@@H](C(=O)NC(C)(C)C)N(Cc1ccc(F)cc1)C(=O)CN(c1cccc(Cl)c1C)S(C)(=O)=O. The molecule has 192 valence electrons. The molecule has 0 saturated carbocycles. The minimum absolute atomic E-state index is 0.00130. The molecule has 0 bridgehead atoms. The van der Waals surface area contributed by atoms with Crippen LogP contribution in [0.5, 0.6) is 0 Å². The Morgan fingerprint density at radius 2 is 1.71 bits per heavy atom. The Morgan fingerprint density at radius 1 is 1.11 bits per heavy atom. The number of anilines is 1. The van der Waals surface area contributed by atoms with Crippen LogP contribution in [0.2, 0.25) is 5.02 Å². The zero-order valence-corrected chi connectivity index (χ0v) is 22.5. The van der Waals surface area contributed by atoms with Gasteiger partial charge in [-0.3, -0.25) is 13.9 Å². The number of sulfonamides is 1. The molecule has 1 atom stereocenters. The van der Waals surface area contributed by atoms with Gasteiger partial charge in [0, 0.05) is 17.1 Å². The lowest BCUT2D eigenvalue weighted by atomic mass is 10.1. The van der Waals surface area contributed by atoms with Crippen molar-refractivity contribution in [2.75, 3.05) is 17.1 Å². The van der Waals surface area contributed by atoms with Gasteiger partial charge in [0.05, 0.1) is 11.9 Å². The molecule has 10 heteroatoms. The van der Waals surface area contributed by atoms with Gasteiger partial charge in [-0.25, -0.2) is 12.8 Å². The summed E-state index contributed by atoms with van der Waals surface area (Å²) in [7, 11) is -3.87. The number of carbonyl (C=O) groups is 2. The molecular weight excluding hydrogens is 493 g/mol. The van der Waals surface area contributed by atoms with Crippen LogP contribution in [-0.2, 0) is 26.2 Å². The Labute approximate surface area is 212 Å². The Bertz CT molecular complexity index is 1160. The van der Waals surface area contributed by atoms with Crippen molar-refractivity contribution in [3.63, 3.8) is 0 Å². The van der Waals surface area contributed by atoms with E-state index in [0.717, 1.165) is 10.6 Å². The Hall–Kier alpha value is -2.65. The van der Waals surface area contributed by atoms with E-state index >= 15 is 0 Å². The van der Waals surface area contributed by atoms with E-state index in [9.17, 15) is 22.4 Å². The maximum Gasteiger partial charge on any atom is 0.244 e. The van der Waals surface area contributed by atoms with Crippen LogP contribution >= 0.6 is 11.6 Å². The molecule has 0 fully saturated rings. The molecule has 0 spiro atoms. The number of nitrogens with zero attached hydrogens (tertiary/aromatic N) is 2. The third kappa shape index (κ3) is 7.93. The summed E-state index contributed by atoms with van der Waals surface area (Å²) >= 11 is 6.20. The molecule has 7 nitrogen and oxygen atoms in total. The number of rotatable bonds is 9. The fraction of sp³-hybridized carbons (Fsp3) is 0.440. The molecule has 0 saturated heterocycles. The smallest absolute Gasteiger partial charge is 0.244 e. The van der Waals surface area contributed by atoms with Crippen molar-refractivity contribution in [3.05, 3.63) is 64.4 Å². The molecule has 0 aliphatic carbocycles. The van der Waals surface area contributed by atoms with Gasteiger partial charge in [0.25, 0.3) is 0 Å². The molecule has 1 N–H and O–H groups in total. The molecule has 0 aromatic heterocycles. The second kappa shape index (κ2) is 11.4. The van der Waals surface area contributed by atoms with Crippen LogP contribution in [0.25, 0.3) is 0 Å². The van der Waals surface area contributed by atoms with Crippen molar-refractivity contribution in [3.8, 4) is 0 Å². The normalized spacial score (nSPS) is 12.7. The summed E-state index contributed by atoms with van der Waals surface area (Å²) in [6.45, 7) is 8.41. The van der Waals surface area contributed by atoms with Crippen LogP contribution in [0.15, 0.2) is 42.5 Å². The van der Waals surface area contributed by atoms with Crippen LogP contribution < -0.4 is 9.62 Å². The van der Waals surface area contributed by atoms with E-state index in [4.69, 9.17) is 11.6 Å². The first-order valence-corrected chi connectivity index (χ1v) is 13.5. The van der Waals surface area contributed by atoms with Crippen molar-refractivity contribution >= 4 is 39.1 Å². The van der Waals surface area contributed by atoms with Crippen molar-refractivity contribution in [1.29, 1.82) is 0 Å². The van der Waals surface area contributed by atoms with Gasteiger partial charge >= 0.3 is 0 Å². The fourth-order valence-electron chi connectivity index (χ4n) is 3.62. The number of hydrogen-bond donors (Lipinski definition) is 1. The summed E-state index contributed by atoms with van der Waals surface area (Å²) < 4.78 is 39.8. The molecule has 0 radical (unpaired) electrons. The van der Waals surface area contributed by atoms with E-state index in [1.165, 1.54) is 29.2 Å². The van der Waals surface area contributed by atoms with Gasteiger partial charge in [-0.2, -0.15) is 0 Å². The largest absolute Gasteiger partial charge is 0.350 e. The Balaban J connectivity index is 2.49. The van der Waals surface area contributed by atoms with Crippen molar-refractivity contribution in [2.24, 2.45) is 0 Å². The highest BCUT2D eigenvalue weighted by Crippen LogP contribution is 2.28. The van der Waals surface area contributed by atoms with Crippen LogP contribution in [0.3, 0.4) is 0 Å². The summed E-state index contributed by atoms with van der Waals surface area (Å²) in [6, 6.07) is 9.54. The summed E-state index contributed by atoms with van der Waals surface area (Å²) in [5.41, 5.74) is 0.857. The molecule has 2 rings (SSSR count). The molecule has 2 aromatic carbocycles. The summed E-state index contributed by atoms with van der Waals surface area (Å²) in [5, 5.41) is 3.25. The first kappa shape index (κ1) is 28.6. The third-order valence-corrected chi connectivity index (χ3v) is 6.87. The van der Waals surface area contributed by atoms with E-state index in [-0.39, 0.29) is 18.1 Å². The van der Waals surface area contributed by atoms with E-state index in [2.05, 4.69) is 5.32 Å². The van der Waals surface area contributed by atoms with Crippen LogP contribution in [0.4, 0.5) is 10.1 Å². The number of amides is 2. The Morgan fingerprint density at radius 3 is 2.23 bits per heavy atom. The molecule has 35 heavy (non-hydrogen) atoms. The second-order valence-electron chi connectivity index (χ2n) is 9.46. The van der Waals surface area contributed by atoms with E-state index < -0.39 is 39.9 Å². The average Bonchev–Trinajstić information content (AvgIpc) is 2.73. The quantitative estimate of drug-likeness (QED) is 0.529. The van der Waals surface area contributed by atoms with Gasteiger partial charge in [0.2, 0.25) is 21.8 Å². The standard InChI is InChI=1S/C25H33ClFN3O4S/c1-7-21(24(32)28-25(3,4)5)29(15-18-11-13-19(27)14-12-18)23(31)16-30(35(6,33)34)22-10-8-9-20(26)17(22)2/h8-14,21H,7,15-16H2,1-6H3,(H,28,32)/t21-/m0/s1. The third-order valence-electron chi connectivity index (χ3n) is 5.34. The predicted molar refractivity (Wildman–Crippen MR) is 137 cm³/mol. The van der Waals surface area contributed by atoms with Gasteiger partial charge in [-0.05, 0) is 69.5 Å². The molecule has 0 heterocycles. The average molecular weight is 526 g/mol. The highest BCUT2D eigenvalue weighted by molar-refractivity contribution is 7.92. The molecule has 0 unspecified atom stereocenters. The highest BCUT2D eigenvalue weighted by Gasteiger charge is 2.33. The molecular formula is C25H33ClFN3O4S. The van der Waals surface area contributed by atoms with Crippen LogP contribution in [-0.4, -0.2) is 49.5 Å². The molecule has 0 aliphatic rings. The fourth-order valence-corrected chi connectivity index (χ4v) is 4.69. The van der Waals surface area contributed by atoms with Crippen LogP contribution in [0.1, 0.15) is 45.2 Å². The van der Waals surface area contributed by atoms with Gasteiger partial charge in [0.15, 0.2) is 0 Å². The highest BCUT2D eigenvalue weighted by atomic mass is 35.5. The molecule has 2 amide bonds. The number of halogens is 2. The molecule has 2 aromatic rings. The van der Waals surface area contributed by atoms with Gasteiger partial charge in [-0.1, -0.05) is 36.7 Å². The zero-order chi connectivity index (χ0) is 26.6. The predicted octanol–water partition coefficient (Wildman–Crippen LogP) is 4.28.